The average molecular weight is 571 g/mol. The van der Waals surface area contributed by atoms with Crippen molar-refractivity contribution in [2.24, 2.45) is 0 Å². The Labute approximate surface area is 233 Å². The Hall–Kier alpha value is -6.58. The number of aromatic carboxylic acids is 2. The van der Waals surface area contributed by atoms with Crippen LogP contribution in [0.2, 0.25) is 0 Å². The molecule has 0 radical (unpaired) electrons. The molecule has 2 aromatic carbocycles. The predicted octanol–water partition coefficient (Wildman–Crippen LogP) is 3.53. The number of carboxylic acid groups (broad SMARTS) is 2. The number of fused-ring (bicyclic) bond motifs is 1. The van der Waals surface area contributed by atoms with E-state index >= 15 is 0 Å². The number of H-pyrrole nitrogens is 1. The Balaban J connectivity index is 0.000000197. The second-order valence-corrected chi connectivity index (χ2v) is 8.32. The number of benzene rings is 2. The van der Waals surface area contributed by atoms with E-state index < -0.39 is 27.5 Å². The second-order valence-electron chi connectivity index (χ2n) is 8.32. The minimum atomic E-state index is -1.31. The fourth-order valence-corrected chi connectivity index (χ4v) is 3.88. The van der Waals surface area contributed by atoms with E-state index in [-0.39, 0.29) is 50.6 Å². The van der Waals surface area contributed by atoms with Crippen molar-refractivity contribution in [2.75, 3.05) is 5.73 Å². The predicted molar refractivity (Wildman–Crippen MR) is 147 cm³/mol. The number of aromatic nitrogens is 4. The Morgan fingerprint density at radius 2 is 1.36 bits per heavy atom. The average Bonchev–Trinajstić information content (AvgIpc) is 2.96. The highest BCUT2D eigenvalue weighted by Gasteiger charge is 2.18. The first-order valence-electron chi connectivity index (χ1n) is 11.6. The number of hydrogen-bond acceptors (Lipinski definition) is 11. The maximum atomic E-state index is 11.6. The van der Waals surface area contributed by atoms with Crippen molar-refractivity contribution in [1.29, 1.82) is 0 Å². The molecule has 0 unspecified atom stereocenters. The van der Waals surface area contributed by atoms with Gasteiger partial charge in [-0.25, -0.2) is 14.4 Å². The summed E-state index contributed by atoms with van der Waals surface area (Å²) in [5, 5.41) is 39.9. The van der Waals surface area contributed by atoms with Gasteiger partial charge in [0.25, 0.3) is 11.4 Å². The maximum absolute atomic E-state index is 11.6. The molecule has 0 fully saturated rings. The van der Waals surface area contributed by atoms with Gasteiger partial charge in [-0.2, -0.15) is 4.98 Å². The Morgan fingerprint density at radius 3 is 1.90 bits per heavy atom. The number of non-ortho nitro benzene ring substituents is 2. The third-order valence-electron chi connectivity index (χ3n) is 5.73. The topological polar surface area (TPSA) is 258 Å². The number of rotatable bonds is 6. The van der Waals surface area contributed by atoms with Gasteiger partial charge in [0, 0.05) is 53.2 Å². The second kappa shape index (κ2) is 11.7. The third kappa shape index (κ3) is 5.86. The summed E-state index contributed by atoms with van der Waals surface area (Å²) in [4.78, 5) is 68.3. The molecule has 0 bridgehead atoms. The van der Waals surface area contributed by atoms with Crippen LogP contribution in [-0.2, 0) is 0 Å². The fourth-order valence-electron chi connectivity index (χ4n) is 3.88. The zero-order valence-corrected chi connectivity index (χ0v) is 21.0. The lowest BCUT2D eigenvalue weighted by Crippen LogP contribution is -2.17. The van der Waals surface area contributed by atoms with Crippen molar-refractivity contribution in [3.63, 3.8) is 0 Å². The summed E-state index contributed by atoms with van der Waals surface area (Å²) >= 11 is 0. The molecule has 0 spiro atoms. The van der Waals surface area contributed by atoms with E-state index in [9.17, 15) is 39.7 Å². The molecule has 5 N–H and O–H groups in total. The molecular weight excluding hydrogens is 554 g/mol. The van der Waals surface area contributed by atoms with Gasteiger partial charge in [-0.15, -0.1) is 0 Å². The number of hydrogen-bond donors (Lipinski definition) is 4. The molecule has 5 aromatic rings. The van der Waals surface area contributed by atoms with Crippen LogP contribution in [0.1, 0.15) is 20.8 Å². The molecule has 5 rings (SSSR count). The zero-order valence-electron chi connectivity index (χ0n) is 21.0. The molecule has 0 saturated heterocycles. The van der Waals surface area contributed by atoms with E-state index in [1.54, 1.807) is 12.1 Å². The van der Waals surface area contributed by atoms with Crippen molar-refractivity contribution in [3.8, 4) is 22.5 Å². The van der Waals surface area contributed by atoms with E-state index in [1.165, 1.54) is 60.9 Å². The minimum Gasteiger partial charge on any atom is -0.478 e. The van der Waals surface area contributed by atoms with Crippen LogP contribution >= 0.6 is 0 Å². The number of nitrogen functional groups attached to an aromatic ring is 1. The molecule has 16 nitrogen and oxygen atoms in total. The number of pyridine rings is 2. The van der Waals surface area contributed by atoms with Crippen LogP contribution in [0.15, 0.2) is 77.9 Å². The first-order valence-corrected chi connectivity index (χ1v) is 11.6. The number of nitrogens with one attached hydrogen (secondary N) is 1. The van der Waals surface area contributed by atoms with E-state index in [1.807, 2.05) is 0 Å². The van der Waals surface area contributed by atoms with Crippen molar-refractivity contribution >= 4 is 39.9 Å². The number of nitro groups is 2. The first kappa shape index (κ1) is 28.4. The molecule has 210 valence electrons. The molecule has 0 atom stereocenters. The van der Waals surface area contributed by atoms with Gasteiger partial charge in [-0.1, -0.05) is 24.3 Å². The van der Waals surface area contributed by atoms with Crippen LogP contribution in [0.25, 0.3) is 33.4 Å². The number of aromatic amines is 1. The van der Waals surface area contributed by atoms with Crippen molar-refractivity contribution in [1.82, 2.24) is 19.9 Å². The van der Waals surface area contributed by atoms with E-state index in [4.69, 9.17) is 10.8 Å². The van der Waals surface area contributed by atoms with Crippen LogP contribution in [-0.4, -0.2) is 51.9 Å². The first-order chi connectivity index (χ1) is 20.0. The summed E-state index contributed by atoms with van der Waals surface area (Å²) < 4.78 is 0. The summed E-state index contributed by atoms with van der Waals surface area (Å²) in [6.07, 6.45) is 2.65. The van der Waals surface area contributed by atoms with E-state index in [0.29, 0.717) is 11.1 Å². The molecule has 0 aliphatic rings. The lowest BCUT2D eigenvalue weighted by atomic mass is 10.1. The Morgan fingerprint density at radius 1 is 0.810 bits per heavy atom. The number of anilines is 1. The molecule has 0 aliphatic carbocycles. The summed E-state index contributed by atoms with van der Waals surface area (Å²) in [7, 11) is 0. The van der Waals surface area contributed by atoms with Crippen LogP contribution in [0.4, 0.5) is 17.1 Å². The van der Waals surface area contributed by atoms with Gasteiger partial charge >= 0.3 is 17.6 Å². The van der Waals surface area contributed by atoms with Crippen LogP contribution in [0, 0.1) is 20.2 Å². The van der Waals surface area contributed by atoms with Gasteiger partial charge in [0.05, 0.1) is 32.5 Å². The summed E-state index contributed by atoms with van der Waals surface area (Å²) in [6, 6.07) is 14.0. The standard InChI is InChI=1S/C14H8N4O5.C12H9N3O4/c19-13(20)12-9-4-5-15-10(11(9)16-14(21)17-12)7-2-1-3-8(6-7)18(22)23;13-10-9(12(16)17)4-5-14-11(10)7-2-1-3-8(6-7)15(18)19/h1-6H,(H,19,20)(H,16,17,21);1-6H,13H2,(H,16,17). The molecule has 0 aliphatic heterocycles. The van der Waals surface area contributed by atoms with Gasteiger partial charge in [0.2, 0.25) is 0 Å². The number of carbonyl (C=O) groups is 2. The highest BCUT2D eigenvalue weighted by Crippen LogP contribution is 2.29. The molecule has 3 aromatic heterocycles. The SMILES string of the molecule is Nc1c(C(=O)O)ccnc1-c1cccc([N+](=O)[O-])c1.O=C(O)c1[nH]c(=O)nc2c(-c3cccc([N+](=O)[O-])c3)nccc12. The molecular formula is C26H17N7O9. The van der Waals surface area contributed by atoms with Crippen LogP contribution in [0.3, 0.4) is 0 Å². The van der Waals surface area contributed by atoms with Gasteiger partial charge in [-0.3, -0.25) is 35.2 Å². The minimum absolute atomic E-state index is 0.0181. The summed E-state index contributed by atoms with van der Waals surface area (Å²) in [5.74, 6) is -2.49. The zero-order chi connectivity index (χ0) is 30.6. The monoisotopic (exact) mass is 571 g/mol. The lowest BCUT2D eigenvalue weighted by Gasteiger charge is -2.07. The van der Waals surface area contributed by atoms with E-state index in [0.717, 1.165) is 0 Å². The van der Waals surface area contributed by atoms with Gasteiger partial charge in [0.15, 0.2) is 0 Å². The highest BCUT2D eigenvalue weighted by atomic mass is 16.6. The largest absolute Gasteiger partial charge is 0.478 e. The summed E-state index contributed by atoms with van der Waals surface area (Å²) in [6.45, 7) is 0. The molecule has 42 heavy (non-hydrogen) atoms. The normalized spacial score (nSPS) is 10.4. The fraction of sp³-hybridized carbons (Fsp3) is 0. The Bertz CT molecular complexity index is 1960. The maximum Gasteiger partial charge on any atom is 0.353 e. The molecule has 0 saturated carbocycles. The van der Waals surface area contributed by atoms with E-state index in [2.05, 4.69) is 19.9 Å². The lowest BCUT2D eigenvalue weighted by molar-refractivity contribution is -0.385. The number of nitro benzene ring substituents is 2. The van der Waals surface area contributed by atoms with Gasteiger partial charge in [0.1, 0.15) is 11.2 Å². The van der Waals surface area contributed by atoms with Crippen molar-refractivity contribution < 1.29 is 29.6 Å². The van der Waals surface area contributed by atoms with Gasteiger partial charge in [-0.05, 0) is 12.1 Å². The molecule has 3 heterocycles. The molecule has 0 amide bonds. The summed E-state index contributed by atoms with van der Waals surface area (Å²) in [5.41, 5.74) is 5.44. The third-order valence-corrected chi connectivity index (χ3v) is 5.73. The highest BCUT2D eigenvalue weighted by molar-refractivity contribution is 6.04. The molecule has 16 heteroatoms. The van der Waals surface area contributed by atoms with Gasteiger partial charge < -0.3 is 15.9 Å². The van der Waals surface area contributed by atoms with Crippen molar-refractivity contribution in [2.45, 2.75) is 0 Å². The number of nitrogens with two attached hydrogens (primary N) is 1. The van der Waals surface area contributed by atoms with Crippen LogP contribution in [0.5, 0.6) is 0 Å². The quantitative estimate of drug-likeness (QED) is 0.168. The van der Waals surface area contributed by atoms with Crippen LogP contribution < -0.4 is 11.4 Å². The Kier molecular flexibility index (Phi) is 7.89. The number of carboxylic acids is 2. The smallest absolute Gasteiger partial charge is 0.353 e. The van der Waals surface area contributed by atoms with Crippen molar-refractivity contribution in [3.05, 3.63) is 115 Å². The number of nitrogens with zero attached hydrogens (tertiary/aromatic N) is 5.